The van der Waals surface area contributed by atoms with Crippen LogP contribution in [0.4, 0.5) is 8.78 Å². The molecular formula is C9H11F2N3O4. The van der Waals surface area contributed by atoms with Crippen LogP contribution in [0, 0.1) is 0 Å². The summed E-state index contributed by atoms with van der Waals surface area (Å²) >= 11 is 0. The third-order valence-corrected chi connectivity index (χ3v) is 1.84. The molecular weight excluding hydrogens is 252 g/mol. The van der Waals surface area contributed by atoms with Gasteiger partial charge in [-0.2, -0.15) is 0 Å². The first-order valence-electron chi connectivity index (χ1n) is 4.93. The monoisotopic (exact) mass is 263 g/mol. The first kappa shape index (κ1) is 14.0. The second-order valence-electron chi connectivity index (χ2n) is 3.15. The van der Waals surface area contributed by atoms with E-state index in [4.69, 9.17) is 5.11 Å². The predicted octanol–water partition coefficient (Wildman–Crippen LogP) is 0.119. The third-order valence-electron chi connectivity index (χ3n) is 1.84. The number of ether oxygens (including phenoxy) is 1. The highest BCUT2D eigenvalue weighted by Crippen LogP contribution is 2.02. The summed E-state index contributed by atoms with van der Waals surface area (Å²) in [5.74, 6) is -2.03. The van der Waals surface area contributed by atoms with Crippen molar-refractivity contribution in [2.75, 3.05) is 19.8 Å². The zero-order chi connectivity index (χ0) is 13.5. The van der Waals surface area contributed by atoms with Crippen LogP contribution in [0.25, 0.3) is 0 Å². The largest absolute Gasteiger partial charge is 0.477 e. The van der Waals surface area contributed by atoms with Crippen LogP contribution in [0.3, 0.4) is 0 Å². The van der Waals surface area contributed by atoms with Crippen LogP contribution in [0.5, 0.6) is 0 Å². The van der Waals surface area contributed by atoms with E-state index in [0.29, 0.717) is 0 Å². The molecule has 0 saturated heterocycles. The van der Waals surface area contributed by atoms with Gasteiger partial charge in [0.05, 0.1) is 12.9 Å². The van der Waals surface area contributed by atoms with Gasteiger partial charge in [0.15, 0.2) is 11.4 Å². The number of hydrogen-bond acceptors (Lipinski definition) is 4. The number of H-pyrrole nitrogens is 1. The fourth-order valence-corrected chi connectivity index (χ4v) is 1.12. The van der Waals surface area contributed by atoms with Crippen molar-refractivity contribution in [2.45, 2.75) is 6.43 Å². The summed E-state index contributed by atoms with van der Waals surface area (Å²) in [7, 11) is 0. The van der Waals surface area contributed by atoms with E-state index >= 15 is 0 Å². The molecule has 0 bridgehead atoms. The first-order chi connectivity index (χ1) is 8.52. The highest BCUT2D eigenvalue weighted by molar-refractivity contribution is 6.02. The highest BCUT2D eigenvalue weighted by Gasteiger charge is 2.19. The van der Waals surface area contributed by atoms with Gasteiger partial charge in [-0.3, -0.25) is 4.79 Å². The van der Waals surface area contributed by atoms with Crippen LogP contribution in [0.1, 0.15) is 21.0 Å². The van der Waals surface area contributed by atoms with Crippen LogP contribution in [0.2, 0.25) is 0 Å². The molecule has 7 nitrogen and oxygen atoms in total. The Morgan fingerprint density at radius 3 is 2.89 bits per heavy atom. The molecule has 0 saturated carbocycles. The van der Waals surface area contributed by atoms with Crippen molar-refractivity contribution in [3.05, 3.63) is 17.7 Å². The molecule has 0 aliphatic rings. The lowest BCUT2D eigenvalue weighted by Crippen LogP contribution is -2.29. The summed E-state index contributed by atoms with van der Waals surface area (Å²) < 4.78 is 27.9. The van der Waals surface area contributed by atoms with Crippen molar-refractivity contribution >= 4 is 11.9 Å². The van der Waals surface area contributed by atoms with Crippen molar-refractivity contribution in [1.82, 2.24) is 15.3 Å². The number of carboxylic acids is 1. The van der Waals surface area contributed by atoms with Crippen LogP contribution < -0.4 is 5.32 Å². The second-order valence-corrected chi connectivity index (χ2v) is 3.15. The predicted molar refractivity (Wildman–Crippen MR) is 54.7 cm³/mol. The maximum atomic E-state index is 11.7. The molecule has 0 aliphatic heterocycles. The number of hydrogen-bond donors (Lipinski definition) is 3. The highest BCUT2D eigenvalue weighted by atomic mass is 19.3. The Balaban J connectivity index is 2.37. The van der Waals surface area contributed by atoms with Gasteiger partial charge < -0.3 is 20.1 Å². The summed E-state index contributed by atoms with van der Waals surface area (Å²) in [6.07, 6.45) is -1.49. The summed E-state index contributed by atoms with van der Waals surface area (Å²) in [6.45, 7) is -0.820. The van der Waals surface area contributed by atoms with Crippen molar-refractivity contribution in [1.29, 1.82) is 0 Å². The Morgan fingerprint density at radius 2 is 2.28 bits per heavy atom. The lowest BCUT2D eigenvalue weighted by molar-refractivity contribution is 0.0188. The van der Waals surface area contributed by atoms with Crippen LogP contribution in [0.15, 0.2) is 6.33 Å². The van der Waals surface area contributed by atoms with E-state index in [9.17, 15) is 18.4 Å². The van der Waals surface area contributed by atoms with Crippen molar-refractivity contribution in [3.63, 3.8) is 0 Å². The van der Waals surface area contributed by atoms with Crippen LogP contribution >= 0.6 is 0 Å². The molecule has 1 aromatic rings. The van der Waals surface area contributed by atoms with Gasteiger partial charge in [0, 0.05) is 6.54 Å². The van der Waals surface area contributed by atoms with Crippen molar-refractivity contribution in [2.24, 2.45) is 0 Å². The Hall–Kier alpha value is -2.03. The van der Waals surface area contributed by atoms with Crippen LogP contribution in [-0.2, 0) is 4.74 Å². The number of aromatic amines is 1. The number of carbonyl (C=O) groups is 2. The number of aromatic nitrogens is 2. The molecule has 0 spiro atoms. The molecule has 0 fully saturated rings. The molecule has 1 rings (SSSR count). The van der Waals surface area contributed by atoms with E-state index < -0.39 is 24.9 Å². The molecule has 1 heterocycles. The van der Waals surface area contributed by atoms with Gasteiger partial charge in [0.2, 0.25) is 0 Å². The molecule has 100 valence electrons. The van der Waals surface area contributed by atoms with Crippen LogP contribution in [-0.4, -0.2) is 53.1 Å². The SMILES string of the molecule is O=C(NCCOCC(F)F)c1nc[nH]c1C(=O)O. The minimum atomic E-state index is -2.56. The van der Waals surface area contributed by atoms with Gasteiger partial charge in [-0.05, 0) is 0 Å². The molecule has 0 aromatic carbocycles. The molecule has 0 unspecified atom stereocenters. The van der Waals surface area contributed by atoms with E-state index in [0.717, 1.165) is 6.33 Å². The number of imidazole rings is 1. The van der Waals surface area contributed by atoms with Gasteiger partial charge in [0.1, 0.15) is 6.61 Å². The Kier molecular flexibility index (Phi) is 5.18. The quantitative estimate of drug-likeness (QED) is 0.606. The number of amides is 1. The third kappa shape index (κ3) is 4.09. The average Bonchev–Trinajstić information content (AvgIpc) is 2.76. The van der Waals surface area contributed by atoms with Gasteiger partial charge >= 0.3 is 5.97 Å². The maximum absolute atomic E-state index is 11.7. The number of nitrogens with zero attached hydrogens (tertiary/aromatic N) is 1. The summed E-state index contributed by atoms with van der Waals surface area (Å²) in [6, 6.07) is 0. The number of nitrogens with one attached hydrogen (secondary N) is 2. The minimum Gasteiger partial charge on any atom is -0.477 e. The fraction of sp³-hybridized carbons (Fsp3) is 0.444. The smallest absolute Gasteiger partial charge is 0.354 e. The number of carbonyl (C=O) groups excluding carboxylic acids is 1. The number of alkyl halides is 2. The molecule has 1 amide bonds. The Bertz CT molecular complexity index is 422. The Labute approximate surface area is 100 Å². The minimum absolute atomic E-state index is 0.0164. The lowest BCUT2D eigenvalue weighted by atomic mass is 10.3. The average molecular weight is 263 g/mol. The van der Waals surface area contributed by atoms with E-state index in [-0.39, 0.29) is 24.5 Å². The summed E-state index contributed by atoms with van der Waals surface area (Å²) in [4.78, 5) is 28.0. The molecule has 18 heavy (non-hydrogen) atoms. The molecule has 0 aliphatic carbocycles. The summed E-state index contributed by atoms with van der Waals surface area (Å²) in [5.41, 5.74) is -0.600. The van der Waals surface area contributed by atoms with E-state index in [1.165, 1.54) is 0 Å². The standard InChI is InChI=1S/C9H11F2N3O4/c10-5(11)3-18-2-1-12-8(15)6-7(9(16)17)14-4-13-6/h4-5H,1-3H2,(H,12,15)(H,13,14)(H,16,17). The molecule has 3 N–H and O–H groups in total. The fourth-order valence-electron chi connectivity index (χ4n) is 1.12. The summed E-state index contributed by atoms with van der Waals surface area (Å²) in [5, 5.41) is 11.0. The zero-order valence-corrected chi connectivity index (χ0v) is 9.15. The Morgan fingerprint density at radius 1 is 1.56 bits per heavy atom. The molecule has 0 atom stereocenters. The van der Waals surface area contributed by atoms with E-state index in [1.807, 2.05) is 0 Å². The number of rotatable bonds is 7. The normalized spacial score (nSPS) is 10.6. The molecule has 1 aromatic heterocycles. The topological polar surface area (TPSA) is 104 Å². The van der Waals surface area contributed by atoms with Gasteiger partial charge in [-0.15, -0.1) is 0 Å². The molecule has 0 radical (unpaired) electrons. The maximum Gasteiger partial charge on any atom is 0.354 e. The number of carboxylic acid groups (broad SMARTS) is 1. The zero-order valence-electron chi connectivity index (χ0n) is 9.15. The van der Waals surface area contributed by atoms with Crippen molar-refractivity contribution in [3.8, 4) is 0 Å². The van der Waals surface area contributed by atoms with Gasteiger partial charge in [-0.1, -0.05) is 0 Å². The van der Waals surface area contributed by atoms with Crippen molar-refractivity contribution < 1.29 is 28.2 Å². The number of aromatic carboxylic acids is 1. The second kappa shape index (κ2) is 6.64. The van der Waals surface area contributed by atoms with E-state index in [2.05, 4.69) is 20.0 Å². The van der Waals surface area contributed by atoms with Gasteiger partial charge in [0.25, 0.3) is 12.3 Å². The van der Waals surface area contributed by atoms with E-state index in [1.54, 1.807) is 0 Å². The lowest BCUT2D eigenvalue weighted by Gasteiger charge is -2.05. The number of halogens is 2. The molecule has 9 heteroatoms. The van der Waals surface area contributed by atoms with Gasteiger partial charge in [-0.25, -0.2) is 18.6 Å². The first-order valence-corrected chi connectivity index (χ1v) is 4.93.